The van der Waals surface area contributed by atoms with Crippen LogP contribution in [0.5, 0.6) is 0 Å². The molecule has 0 heterocycles. The number of hydrogen-bond donors (Lipinski definition) is 1. The number of thioether (sulfide) groups is 1. The minimum absolute atomic E-state index is 0.169. The van der Waals surface area contributed by atoms with E-state index in [0.717, 1.165) is 34.6 Å². The van der Waals surface area contributed by atoms with Crippen LogP contribution in [0.1, 0.15) is 34.2 Å². The zero-order valence-electron chi connectivity index (χ0n) is 20.9. The molecule has 1 N–H and O–H groups in total. The van der Waals surface area contributed by atoms with E-state index in [2.05, 4.69) is 36.5 Å². The quantitative estimate of drug-likeness (QED) is 0.343. The summed E-state index contributed by atoms with van der Waals surface area (Å²) in [4.78, 5) is 13.0. The van der Waals surface area contributed by atoms with Gasteiger partial charge in [-0.15, -0.1) is 0 Å². The van der Waals surface area contributed by atoms with Gasteiger partial charge in [0.15, 0.2) is 0 Å². The maximum Gasteiger partial charge on any atom is 0.264 e. The van der Waals surface area contributed by atoms with E-state index in [-0.39, 0.29) is 17.3 Å². The molecule has 0 radical (unpaired) electrons. The smallest absolute Gasteiger partial charge is 0.264 e. The molecule has 186 valence electrons. The highest BCUT2D eigenvalue weighted by molar-refractivity contribution is 7.98. The second-order valence-corrected chi connectivity index (χ2v) is 11.9. The number of carbonyl (C=O) groups is 1. The van der Waals surface area contributed by atoms with Gasteiger partial charge in [0.25, 0.3) is 10.0 Å². The van der Waals surface area contributed by atoms with Gasteiger partial charge in [0, 0.05) is 12.3 Å². The van der Waals surface area contributed by atoms with Gasteiger partial charge in [0.2, 0.25) is 5.91 Å². The molecule has 0 bridgehead atoms. The lowest BCUT2D eigenvalue weighted by Gasteiger charge is -2.25. The number of amides is 1. The second kappa shape index (κ2) is 12.3. The molecule has 7 heteroatoms. The van der Waals surface area contributed by atoms with E-state index in [1.165, 1.54) is 15.4 Å². The van der Waals surface area contributed by atoms with Gasteiger partial charge in [-0.1, -0.05) is 53.6 Å². The summed E-state index contributed by atoms with van der Waals surface area (Å²) in [7, 11) is -3.90. The Kier molecular flexibility index (Phi) is 9.40. The largest absolute Gasteiger partial charge is 0.354 e. The minimum Gasteiger partial charge on any atom is -0.354 e. The van der Waals surface area contributed by atoms with Crippen molar-refractivity contribution >= 4 is 33.4 Å². The molecule has 0 aliphatic rings. The van der Waals surface area contributed by atoms with Crippen LogP contribution in [0.2, 0.25) is 0 Å². The molecule has 0 saturated heterocycles. The summed E-state index contributed by atoms with van der Waals surface area (Å²) < 4.78 is 28.2. The number of rotatable bonds is 11. The zero-order valence-corrected chi connectivity index (χ0v) is 22.5. The van der Waals surface area contributed by atoms with Gasteiger partial charge >= 0.3 is 0 Å². The van der Waals surface area contributed by atoms with Gasteiger partial charge in [-0.3, -0.25) is 9.10 Å². The van der Waals surface area contributed by atoms with Crippen LogP contribution in [-0.2, 0) is 20.6 Å². The fourth-order valence-electron chi connectivity index (χ4n) is 3.71. The average molecular weight is 511 g/mol. The van der Waals surface area contributed by atoms with Crippen molar-refractivity contribution in [3.05, 3.63) is 94.5 Å². The molecule has 0 fully saturated rings. The fraction of sp³-hybridized carbons (Fsp3) is 0.321. The van der Waals surface area contributed by atoms with Crippen molar-refractivity contribution in [3.8, 4) is 0 Å². The van der Waals surface area contributed by atoms with Crippen LogP contribution in [-0.4, -0.2) is 33.2 Å². The number of benzene rings is 3. The highest BCUT2D eigenvalue weighted by atomic mass is 32.2. The molecule has 0 aliphatic carbocycles. The van der Waals surface area contributed by atoms with Crippen molar-refractivity contribution in [2.45, 2.75) is 44.8 Å². The minimum atomic E-state index is -3.90. The van der Waals surface area contributed by atoms with E-state index in [4.69, 9.17) is 0 Å². The summed E-state index contributed by atoms with van der Waals surface area (Å²) in [6.07, 6.45) is 0.816. The van der Waals surface area contributed by atoms with Crippen molar-refractivity contribution < 1.29 is 13.2 Å². The Balaban J connectivity index is 1.62. The molecule has 0 aliphatic heterocycles. The lowest BCUT2D eigenvalue weighted by Crippen LogP contribution is -2.41. The first-order valence-corrected chi connectivity index (χ1v) is 14.3. The Hall–Kier alpha value is -2.77. The van der Waals surface area contributed by atoms with E-state index in [9.17, 15) is 13.2 Å². The number of hydrogen-bond acceptors (Lipinski definition) is 4. The second-order valence-electron chi connectivity index (χ2n) is 8.91. The topological polar surface area (TPSA) is 66.5 Å². The van der Waals surface area contributed by atoms with Crippen molar-refractivity contribution in [3.63, 3.8) is 0 Å². The molecule has 5 nitrogen and oxygen atoms in total. The molecule has 3 rings (SSSR count). The maximum absolute atomic E-state index is 13.5. The van der Waals surface area contributed by atoms with Crippen molar-refractivity contribution in [2.24, 2.45) is 0 Å². The summed E-state index contributed by atoms with van der Waals surface area (Å²) in [5.74, 6) is 1.53. The van der Waals surface area contributed by atoms with Crippen molar-refractivity contribution in [1.29, 1.82) is 0 Å². The van der Waals surface area contributed by atoms with Crippen LogP contribution in [0, 0.1) is 27.7 Å². The number of carbonyl (C=O) groups excluding carboxylic acids is 1. The highest BCUT2D eigenvalue weighted by Gasteiger charge is 2.27. The normalized spacial score (nSPS) is 11.3. The van der Waals surface area contributed by atoms with Gasteiger partial charge in [-0.25, -0.2) is 8.42 Å². The molecule has 0 spiro atoms. The Morgan fingerprint density at radius 1 is 0.829 bits per heavy atom. The van der Waals surface area contributed by atoms with Gasteiger partial charge in [-0.2, -0.15) is 11.8 Å². The lowest BCUT2D eigenvalue weighted by molar-refractivity contribution is -0.119. The first-order chi connectivity index (χ1) is 16.6. The third kappa shape index (κ3) is 7.87. The summed E-state index contributed by atoms with van der Waals surface area (Å²) in [6, 6.07) is 20.8. The summed E-state index contributed by atoms with van der Waals surface area (Å²) in [6.45, 7) is 8.06. The monoisotopic (exact) mass is 510 g/mol. The van der Waals surface area contributed by atoms with E-state index < -0.39 is 10.0 Å². The molecule has 3 aromatic rings. The third-order valence-electron chi connectivity index (χ3n) is 5.57. The van der Waals surface area contributed by atoms with Gasteiger partial charge in [-0.05, 0) is 80.8 Å². The molecule has 3 aromatic carbocycles. The summed E-state index contributed by atoms with van der Waals surface area (Å²) in [5, 5.41) is 2.89. The summed E-state index contributed by atoms with van der Waals surface area (Å²) >= 11 is 1.82. The number of sulfonamides is 1. The summed E-state index contributed by atoms with van der Waals surface area (Å²) in [5.41, 5.74) is 5.88. The highest BCUT2D eigenvalue weighted by Crippen LogP contribution is 2.26. The van der Waals surface area contributed by atoms with E-state index in [1.807, 2.05) is 38.6 Å². The Morgan fingerprint density at radius 2 is 1.40 bits per heavy atom. The van der Waals surface area contributed by atoms with E-state index in [0.29, 0.717) is 12.2 Å². The first-order valence-electron chi connectivity index (χ1n) is 11.7. The predicted octanol–water partition coefficient (Wildman–Crippen LogP) is 5.56. The standard InChI is InChI=1S/C28H34N2O3S2/c1-21-6-10-25(11-7-21)20-34-15-5-14-29-28(31)19-30(26-17-23(3)16-24(4)18-26)35(32,33)27-12-8-22(2)9-13-27/h6-13,16-18H,5,14-15,19-20H2,1-4H3,(H,29,31). The maximum atomic E-state index is 13.5. The van der Waals surface area contributed by atoms with E-state index in [1.54, 1.807) is 36.4 Å². The molecule has 0 atom stereocenters. The molecule has 0 saturated carbocycles. The molecule has 35 heavy (non-hydrogen) atoms. The fourth-order valence-corrected chi connectivity index (χ4v) is 6.04. The Morgan fingerprint density at radius 3 is 2.00 bits per heavy atom. The molecular weight excluding hydrogens is 476 g/mol. The third-order valence-corrected chi connectivity index (χ3v) is 8.47. The van der Waals surface area contributed by atoms with Gasteiger partial charge < -0.3 is 5.32 Å². The zero-order chi connectivity index (χ0) is 25.4. The lowest BCUT2D eigenvalue weighted by atomic mass is 10.1. The van der Waals surface area contributed by atoms with Gasteiger partial charge in [0.1, 0.15) is 6.54 Å². The number of anilines is 1. The Labute approximate surface area is 214 Å². The molecule has 0 unspecified atom stereocenters. The number of nitrogens with one attached hydrogen (secondary N) is 1. The van der Waals surface area contributed by atoms with Gasteiger partial charge in [0.05, 0.1) is 10.6 Å². The van der Waals surface area contributed by atoms with E-state index >= 15 is 0 Å². The Bertz CT molecular complexity index is 1220. The van der Waals surface area contributed by atoms with Crippen LogP contribution in [0.25, 0.3) is 0 Å². The van der Waals surface area contributed by atoms with Crippen LogP contribution < -0.4 is 9.62 Å². The van der Waals surface area contributed by atoms with Crippen LogP contribution in [0.4, 0.5) is 5.69 Å². The van der Waals surface area contributed by atoms with Crippen LogP contribution in [0.15, 0.2) is 71.6 Å². The predicted molar refractivity (Wildman–Crippen MR) is 147 cm³/mol. The molecule has 1 amide bonds. The molecule has 0 aromatic heterocycles. The van der Waals surface area contributed by atoms with Crippen molar-refractivity contribution in [1.82, 2.24) is 5.32 Å². The SMILES string of the molecule is Cc1ccc(CSCCCNC(=O)CN(c2cc(C)cc(C)c2)S(=O)(=O)c2ccc(C)cc2)cc1. The van der Waals surface area contributed by atoms with Crippen LogP contribution >= 0.6 is 11.8 Å². The van der Waals surface area contributed by atoms with Crippen molar-refractivity contribution in [2.75, 3.05) is 23.1 Å². The average Bonchev–Trinajstić information content (AvgIpc) is 2.80. The van der Waals surface area contributed by atoms with Crippen LogP contribution in [0.3, 0.4) is 0 Å². The molecular formula is C28H34N2O3S2. The first kappa shape index (κ1) is 26.8. The number of nitrogens with zero attached hydrogens (tertiary/aromatic N) is 1. The number of aryl methyl sites for hydroxylation is 4.